The molecule has 3 amide bonds. The zero-order valence-corrected chi connectivity index (χ0v) is 18.5. The molecule has 13 heteroatoms. The predicted octanol–water partition coefficient (Wildman–Crippen LogP) is 0.657. The van der Waals surface area contributed by atoms with E-state index in [0.29, 0.717) is 24.9 Å². The van der Waals surface area contributed by atoms with Gasteiger partial charge < -0.3 is 31.3 Å². The maximum Gasteiger partial charge on any atom is 0.326 e. The SMILES string of the molecule is O=C(O)CCC(NC(=O)NC(CCCCNC(=O)c1cncc([125I])c1)C(=O)O)C(=O)O. The molecule has 170 valence electrons. The lowest BCUT2D eigenvalue weighted by molar-refractivity contribution is -0.140. The molecule has 1 aromatic heterocycles. The summed E-state index contributed by atoms with van der Waals surface area (Å²) in [5, 5.41) is 33.8. The molecule has 1 rings (SSSR count). The number of nitrogens with zero attached hydrogens (tertiary/aromatic N) is 1. The number of hydrogen-bond acceptors (Lipinski definition) is 6. The highest BCUT2D eigenvalue weighted by atomic mass is 125. The molecule has 31 heavy (non-hydrogen) atoms. The number of nitrogens with one attached hydrogen (secondary N) is 3. The Morgan fingerprint density at radius 1 is 0.935 bits per heavy atom. The van der Waals surface area contributed by atoms with Gasteiger partial charge in [-0.2, -0.15) is 0 Å². The van der Waals surface area contributed by atoms with Gasteiger partial charge in [0, 0.05) is 28.9 Å². The van der Waals surface area contributed by atoms with E-state index < -0.39 is 42.4 Å². The number of carboxylic acid groups (broad SMARTS) is 3. The van der Waals surface area contributed by atoms with Crippen LogP contribution in [0.25, 0.3) is 0 Å². The lowest BCUT2D eigenvalue weighted by atomic mass is 10.1. The number of halogens is 1. The number of rotatable bonds is 13. The second-order valence-corrected chi connectivity index (χ2v) is 7.72. The third-order valence-electron chi connectivity index (χ3n) is 4.03. The van der Waals surface area contributed by atoms with E-state index >= 15 is 0 Å². The van der Waals surface area contributed by atoms with Crippen molar-refractivity contribution in [2.24, 2.45) is 0 Å². The summed E-state index contributed by atoms with van der Waals surface area (Å²) in [5.74, 6) is -4.26. The minimum atomic E-state index is -1.46. The molecule has 0 radical (unpaired) electrons. The maximum atomic E-state index is 12.0. The lowest BCUT2D eigenvalue weighted by Gasteiger charge is -2.18. The van der Waals surface area contributed by atoms with Crippen molar-refractivity contribution in [2.45, 2.75) is 44.2 Å². The summed E-state index contributed by atoms with van der Waals surface area (Å²) in [6, 6.07) is -2.09. The minimum Gasteiger partial charge on any atom is -0.481 e. The number of carbonyl (C=O) groups excluding carboxylic acids is 2. The minimum absolute atomic E-state index is 0.0519. The first kappa shape index (κ1) is 26.1. The van der Waals surface area contributed by atoms with Gasteiger partial charge in [0.15, 0.2) is 0 Å². The number of aromatic nitrogens is 1. The Balaban J connectivity index is 2.42. The van der Waals surface area contributed by atoms with Crippen molar-refractivity contribution in [1.29, 1.82) is 0 Å². The van der Waals surface area contributed by atoms with Crippen molar-refractivity contribution in [3.05, 3.63) is 27.6 Å². The molecule has 0 bridgehead atoms. The normalized spacial score (nSPS) is 12.3. The number of carbonyl (C=O) groups is 5. The van der Waals surface area contributed by atoms with Crippen molar-refractivity contribution in [2.75, 3.05) is 6.54 Å². The van der Waals surface area contributed by atoms with Crippen molar-refractivity contribution in [1.82, 2.24) is 20.9 Å². The molecule has 6 N–H and O–H groups in total. The van der Waals surface area contributed by atoms with Gasteiger partial charge in [-0.1, -0.05) is 0 Å². The molecule has 2 atom stereocenters. The van der Waals surface area contributed by atoms with Crippen LogP contribution in [0, 0.1) is 3.57 Å². The number of carboxylic acids is 3. The summed E-state index contributed by atoms with van der Waals surface area (Å²) in [7, 11) is 0. The number of pyridine rings is 1. The zero-order chi connectivity index (χ0) is 23.4. The fraction of sp³-hybridized carbons (Fsp3) is 0.444. The molecule has 0 saturated carbocycles. The summed E-state index contributed by atoms with van der Waals surface area (Å²) in [5.41, 5.74) is 0.407. The average Bonchev–Trinajstić information content (AvgIpc) is 2.69. The first-order valence-electron chi connectivity index (χ1n) is 9.23. The largest absolute Gasteiger partial charge is 0.481 e. The van der Waals surface area contributed by atoms with Crippen LogP contribution in [0.2, 0.25) is 0 Å². The second kappa shape index (κ2) is 13.4. The van der Waals surface area contributed by atoms with E-state index in [2.05, 4.69) is 20.9 Å². The van der Waals surface area contributed by atoms with E-state index in [4.69, 9.17) is 10.2 Å². The van der Waals surface area contributed by atoms with E-state index in [1.807, 2.05) is 22.6 Å². The monoisotopic (exact) mass is 548 g/mol. The van der Waals surface area contributed by atoms with E-state index in [1.54, 1.807) is 12.3 Å². The van der Waals surface area contributed by atoms with Crippen LogP contribution in [0.1, 0.15) is 42.5 Å². The maximum absolute atomic E-state index is 12.0. The van der Waals surface area contributed by atoms with Gasteiger partial charge in [-0.05, 0) is 54.3 Å². The molecule has 0 saturated heterocycles. The quantitative estimate of drug-likeness (QED) is 0.152. The summed E-state index contributed by atoms with van der Waals surface area (Å²) < 4.78 is 0.812. The Bertz CT molecular complexity index is 820. The van der Waals surface area contributed by atoms with Gasteiger partial charge in [0.25, 0.3) is 5.91 Å². The number of unbranched alkanes of at least 4 members (excludes halogenated alkanes) is 1. The molecule has 0 aliphatic heterocycles. The Hall–Kier alpha value is -2.97. The standard InChI is InChI=1S/C18H23IN4O8/c19-11-7-10(8-20-9-11)15(26)21-6-2-1-3-12(16(27)28)22-18(31)23-13(17(29)30)4-5-14(24)25/h7-9,12-13H,1-6H2,(H,21,26)(H,24,25)(H,27,28)(H,29,30)(H2,22,23,31)/i19-2. The Labute approximate surface area is 190 Å². The summed E-state index contributed by atoms with van der Waals surface area (Å²) in [6.07, 6.45) is 3.10. The second-order valence-electron chi connectivity index (χ2n) is 6.48. The predicted molar refractivity (Wildman–Crippen MR) is 115 cm³/mol. The smallest absolute Gasteiger partial charge is 0.326 e. The fourth-order valence-electron chi connectivity index (χ4n) is 2.45. The van der Waals surface area contributed by atoms with Gasteiger partial charge in [0.2, 0.25) is 0 Å². The fourth-order valence-corrected chi connectivity index (χ4v) is 2.95. The first-order chi connectivity index (χ1) is 14.6. The molecular weight excluding hydrogens is 525 g/mol. The van der Waals surface area contributed by atoms with Crippen LogP contribution < -0.4 is 16.0 Å². The first-order valence-corrected chi connectivity index (χ1v) is 10.3. The molecule has 0 aromatic carbocycles. The number of urea groups is 1. The molecule has 1 aromatic rings. The molecular formula is C18H23IN4O8. The third kappa shape index (κ3) is 10.6. The van der Waals surface area contributed by atoms with Crippen molar-refractivity contribution in [3.63, 3.8) is 0 Å². The van der Waals surface area contributed by atoms with Crippen LogP contribution in [0.4, 0.5) is 4.79 Å². The Morgan fingerprint density at radius 3 is 2.10 bits per heavy atom. The molecule has 2 unspecified atom stereocenters. The zero-order valence-electron chi connectivity index (χ0n) is 16.3. The van der Waals surface area contributed by atoms with E-state index in [0.717, 1.165) is 3.57 Å². The number of aliphatic carboxylic acids is 3. The highest BCUT2D eigenvalue weighted by molar-refractivity contribution is 14.1. The topological polar surface area (TPSA) is 195 Å². The van der Waals surface area contributed by atoms with Gasteiger partial charge in [-0.25, -0.2) is 14.4 Å². The van der Waals surface area contributed by atoms with Gasteiger partial charge in [0.05, 0.1) is 5.56 Å². The highest BCUT2D eigenvalue weighted by Gasteiger charge is 2.24. The van der Waals surface area contributed by atoms with E-state index in [1.165, 1.54) is 6.20 Å². The van der Waals surface area contributed by atoms with Crippen LogP contribution in [0.3, 0.4) is 0 Å². The van der Waals surface area contributed by atoms with Gasteiger partial charge in [-0.3, -0.25) is 14.6 Å². The third-order valence-corrected chi connectivity index (χ3v) is 4.62. The van der Waals surface area contributed by atoms with Gasteiger partial charge in [-0.15, -0.1) is 0 Å². The van der Waals surface area contributed by atoms with Crippen LogP contribution in [-0.2, 0) is 14.4 Å². The summed E-state index contributed by atoms with van der Waals surface area (Å²) in [6.45, 7) is 0.291. The molecule has 0 aliphatic rings. The Morgan fingerprint density at radius 2 is 1.55 bits per heavy atom. The van der Waals surface area contributed by atoms with E-state index in [9.17, 15) is 29.1 Å². The molecule has 0 aliphatic carbocycles. The van der Waals surface area contributed by atoms with Crippen LogP contribution in [0.5, 0.6) is 0 Å². The van der Waals surface area contributed by atoms with Gasteiger partial charge >= 0.3 is 23.9 Å². The Kier molecular flexibility index (Phi) is 11.2. The van der Waals surface area contributed by atoms with Gasteiger partial charge in [0.1, 0.15) is 12.1 Å². The summed E-state index contributed by atoms with van der Waals surface area (Å²) in [4.78, 5) is 60.8. The van der Waals surface area contributed by atoms with Crippen molar-refractivity contribution < 1.29 is 39.3 Å². The summed E-state index contributed by atoms with van der Waals surface area (Å²) >= 11 is 2.03. The molecule has 12 nitrogen and oxygen atoms in total. The molecule has 1 heterocycles. The van der Waals surface area contributed by atoms with E-state index in [-0.39, 0.29) is 18.7 Å². The highest BCUT2D eigenvalue weighted by Crippen LogP contribution is 2.06. The van der Waals surface area contributed by atoms with Crippen molar-refractivity contribution in [3.8, 4) is 0 Å². The number of amides is 3. The number of hydrogen-bond donors (Lipinski definition) is 6. The lowest BCUT2D eigenvalue weighted by Crippen LogP contribution is -2.51. The van der Waals surface area contributed by atoms with Crippen molar-refractivity contribution >= 4 is 52.4 Å². The molecule has 0 fully saturated rings. The van der Waals surface area contributed by atoms with Crippen LogP contribution >= 0.6 is 22.6 Å². The molecule has 0 spiro atoms. The van der Waals surface area contributed by atoms with Crippen LogP contribution in [0.15, 0.2) is 18.5 Å². The average molecular weight is 548 g/mol. The van der Waals surface area contributed by atoms with Crippen LogP contribution in [-0.4, -0.2) is 68.8 Å².